The van der Waals surface area contributed by atoms with E-state index in [-0.39, 0.29) is 4.90 Å². The van der Waals surface area contributed by atoms with Crippen LogP contribution in [0.3, 0.4) is 0 Å². The molecule has 0 aromatic heterocycles. The van der Waals surface area contributed by atoms with Crippen LogP contribution in [0.2, 0.25) is 0 Å². The summed E-state index contributed by atoms with van der Waals surface area (Å²) in [4.78, 5) is 23.2. The minimum atomic E-state index is -3.83. The summed E-state index contributed by atoms with van der Waals surface area (Å²) in [5.41, 5.74) is 1.37. The Hall–Kier alpha value is -1.93. The molecule has 128 valence electrons. The average molecular weight is 342 g/mol. The summed E-state index contributed by atoms with van der Waals surface area (Å²) in [6.07, 6.45) is -0.979. The van der Waals surface area contributed by atoms with Gasteiger partial charge in [-0.05, 0) is 44.9 Å². The molecular formula is C15H22N2O5S. The smallest absolute Gasteiger partial charge is 0.321 e. The number of likely N-dealkylation sites (N-methyl/N-ethyl adjacent to an activating group) is 1. The van der Waals surface area contributed by atoms with Crippen LogP contribution >= 0.6 is 0 Å². The van der Waals surface area contributed by atoms with Gasteiger partial charge in [0.2, 0.25) is 10.0 Å². The van der Waals surface area contributed by atoms with Crippen molar-refractivity contribution in [2.24, 2.45) is 0 Å². The zero-order chi connectivity index (χ0) is 17.6. The SMILES string of the molecule is CCNC(=O)[C@@H](C)OC(=O)CNS(=O)(=O)c1cc(C)ccc1C. The van der Waals surface area contributed by atoms with Crippen molar-refractivity contribution in [3.05, 3.63) is 29.3 Å². The summed E-state index contributed by atoms with van der Waals surface area (Å²) in [6.45, 7) is 6.48. The number of rotatable bonds is 7. The number of esters is 1. The third-order valence-electron chi connectivity index (χ3n) is 3.07. The fourth-order valence-corrected chi connectivity index (χ4v) is 3.14. The summed E-state index contributed by atoms with van der Waals surface area (Å²) in [7, 11) is -3.83. The maximum Gasteiger partial charge on any atom is 0.321 e. The van der Waals surface area contributed by atoms with Gasteiger partial charge in [-0.1, -0.05) is 12.1 Å². The maximum absolute atomic E-state index is 12.2. The molecule has 0 fully saturated rings. The second-order valence-corrected chi connectivity index (χ2v) is 6.86. The largest absolute Gasteiger partial charge is 0.452 e. The molecule has 0 saturated heterocycles. The van der Waals surface area contributed by atoms with Crippen molar-refractivity contribution >= 4 is 21.9 Å². The first kappa shape index (κ1) is 19.1. The summed E-state index contributed by atoms with van der Waals surface area (Å²) >= 11 is 0. The van der Waals surface area contributed by atoms with Crippen LogP contribution < -0.4 is 10.0 Å². The Kier molecular flexibility index (Phi) is 6.71. The third-order valence-corrected chi connectivity index (χ3v) is 4.61. The lowest BCUT2D eigenvalue weighted by molar-refractivity contribution is -0.153. The highest BCUT2D eigenvalue weighted by molar-refractivity contribution is 7.89. The standard InChI is InChI=1S/C15H22N2O5S/c1-5-16-15(19)12(4)22-14(18)9-17-23(20,21)13-8-10(2)6-7-11(13)3/h6-8,12,17H,5,9H2,1-4H3,(H,16,19)/t12-/m1/s1. The molecule has 23 heavy (non-hydrogen) atoms. The molecule has 8 heteroatoms. The van der Waals surface area contributed by atoms with Gasteiger partial charge in [0.25, 0.3) is 5.91 Å². The van der Waals surface area contributed by atoms with E-state index in [9.17, 15) is 18.0 Å². The zero-order valence-electron chi connectivity index (χ0n) is 13.7. The monoisotopic (exact) mass is 342 g/mol. The molecule has 0 heterocycles. The number of nitrogens with one attached hydrogen (secondary N) is 2. The van der Waals surface area contributed by atoms with Crippen molar-refractivity contribution in [3.63, 3.8) is 0 Å². The number of carbonyl (C=O) groups excluding carboxylic acids is 2. The Bertz CT molecular complexity index is 685. The molecular weight excluding hydrogens is 320 g/mol. The maximum atomic E-state index is 12.2. The van der Waals surface area contributed by atoms with Crippen molar-refractivity contribution in [1.29, 1.82) is 0 Å². The van der Waals surface area contributed by atoms with E-state index in [2.05, 4.69) is 10.0 Å². The first-order chi connectivity index (χ1) is 10.7. The number of benzene rings is 1. The fourth-order valence-electron chi connectivity index (χ4n) is 1.84. The molecule has 0 radical (unpaired) electrons. The van der Waals surface area contributed by atoms with Crippen molar-refractivity contribution in [3.8, 4) is 0 Å². The van der Waals surface area contributed by atoms with Crippen LogP contribution in [-0.2, 0) is 24.3 Å². The minimum Gasteiger partial charge on any atom is -0.452 e. The molecule has 0 saturated carbocycles. The number of hydrogen-bond donors (Lipinski definition) is 2. The molecule has 0 aliphatic heterocycles. The average Bonchev–Trinajstić information content (AvgIpc) is 2.48. The van der Waals surface area contributed by atoms with E-state index >= 15 is 0 Å². The second-order valence-electron chi connectivity index (χ2n) is 5.12. The first-order valence-corrected chi connectivity index (χ1v) is 8.69. The van der Waals surface area contributed by atoms with Crippen molar-refractivity contribution in [2.75, 3.05) is 13.1 Å². The van der Waals surface area contributed by atoms with Crippen LogP contribution in [0.5, 0.6) is 0 Å². The highest BCUT2D eigenvalue weighted by Crippen LogP contribution is 2.16. The minimum absolute atomic E-state index is 0.113. The van der Waals surface area contributed by atoms with Crippen molar-refractivity contribution < 1.29 is 22.7 Å². The number of sulfonamides is 1. The number of carbonyl (C=O) groups is 2. The quantitative estimate of drug-likeness (QED) is 0.709. The highest BCUT2D eigenvalue weighted by atomic mass is 32.2. The van der Waals surface area contributed by atoms with E-state index < -0.39 is 34.5 Å². The van der Waals surface area contributed by atoms with Crippen LogP contribution in [0.1, 0.15) is 25.0 Å². The number of hydrogen-bond acceptors (Lipinski definition) is 5. The Morgan fingerprint density at radius 3 is 2.52 bits per heavy atom. The van der Waals surface area contributed by atoms with Gasteiger partial charge in [0.05, 0.1) is 4.90 Å². The lowest BCUT2D eigenvalue weighted by Gasteiger charge is -2.13. The second kappa shape index (κ2) is 8.07. The third kappa shape index (κ3) is 5.65. The van der Waals surface area contributed by atoms with Crippen LogP contribution in [-0.4, -0.2) is 39.5 Å². The van der Waals surface area contributed by atoms with Gasteiger partial charge in [-0.3, -0.25) is 9.59 Å². The molecule has 0 aliphatic rings. The van der Waals surface area contributed by atoms with E-state index in [4.69, 9.17) is 4.74 Å². The van der Waals surface area contributed by atoms with E-state index in [0.717, 1.165) is 5.56 Å². The Morgan fingerprint density at radius 2 is 1.91 bits per heavy atom. The predicted molar refractivity (Wildman–Crippen MR) is 85.3 cm³/mol. The Labute approximate surface area is 136 Å². The van der Waals surface area contributed by atoms with Gasteiger partial charge >= 0.3 is 5.97 Å². The lowest BCUT2D eigenvalue weighted by Crippen LogP contribution is -2.38. The predicted octanol–water partition coefficient (Wildman–Crippen LogP) is 0.650. The van der Waals surface area contributed by atoms with Crippen LogP contribution in [0.15, 0.2) is 23.1 Å². The van der Waals surface area contributed by atoms with Gasteiger partial charge in [-0.2, -0.15) is 4.72 Å². The normalized spacial score (nSPS) is 12.5. The van der Waals surface area contributed by atoms with E-state index in [1.54, 1.807) is 32.9 Å². The molecule has 0 aliphatic carbocycles. The molecule has 0 spiro atoms. The van der Waals surface area contributed by atoms with Crippen molar-refractivity contribution in [2.45, 2.75) is 38.7 Å². The fraction of sp³-hybridized carbons (Fsp3) is 0.467. The van der Waals surface area contributed by atoms with E-state index in [0.29, 0.717) is 12.1 Å². The van der Waals surface area contributed by atoms with Crippen LogP contribution in [0, 0.1) is 13.8 Å². The summed E-state index contributed by atoms with van der Waals surface area (Å²) in [5, 5.41) is 2.51. The lowest BCUT2D eigenvalue weighted by atomic mass is 10.2. The number of aryl methyl sites for hydroxylation is 2. The molecule has 7 nitrogen and oxygen atoms in total. The van der Waals surface area contributed by atoms with Gasteiger partial charge in [0, 0.05) is 6.54 Å². The topological polar surface area (TPSA) is 102 Å². The molecule has 0 bridgehead atoms. The summed E-state index contributed by atoms with van der Waals surface area (Å²) < 4.78 is 31.5. The van der Waals surface area contributed by atoms with E-state index in [1.165, 1.54) is 13.0 Å². The molecule has 1 atom stereocenters. The molecule has 2 N–H and O–H groups in total. The first-order valence-electron chi connectivity index (χ1n) is 7.21. The van der Waals surface area contributed by atoms with Gasteiger partial charge in [0.1, 0.15) is 6.54 Å². The Morgan fingerprint density at radius 1 is 1.26 bits per heavy atom. The zero-order valence-corrected chi connectivity index (χ0v) is 14.5. The highest BCUT2D eigenvalue weighted by Gasteiger charge is 2.21. The molecule has 1 aromatic carbocycles. The summed E-state index contributed by atoms with van der Waals surface area (Å²) in [6, 6.07) is 5.02. The van der Waals surface area contributed by atoms with Crippen molar-refractivity contribution in [1.82, 2.24) is 10.0 Å². The van der Waals surface area contributed by atoms with E-state index in [1.807, 2.05) is 0 Å². The van der Waals surface area contributed by atoms with Crippen LogP contribution in [0.25, 0.3) is 0 Å². The number of amides is 1. The van der Waals surface area contributed by atoms with Gasteiger partial charge in [0.15, 0.2) is 6.10 Å². The molecule has 1 aromatic rings. The molecule has 1 amide bonds. The van der Waals surface area contributed by atoms with Gasteiger partial charge in [-0.25, -0.2) is 8.42 Å². The van der Waals surface area contributed by atoms with Crippen LogP contribution in [0.4, 0.5) is 0 Å². The molecule has 1 rings (SSSR count). The van der Waals surface area contributed by atoms with Gasteiger partial charge < -0.3 is 10.1 Å². The summed E-state index contributed by atoms with van der Waals surface area (Å²) in [5.74, 6) is -1.25. The van der Waals surface area contributed by atoms with Gasteiger partial charge in [-0.15, -0.1) is 0 Å². The molecule has 0 unspecified atom stereocenters. The Balaban J connectivity index is 2.68. The number of ether oxygens (including phenoxy) is 1.